The molecule has 2 aliphatic rings. The molecule has 106 valence electrons. The summed E-state index contributed by atoms with van der Waals surface area (Å²) in [4.78, 5) is 0. The summed E-state index contributed by atoms with van der Waals surface area (Å²) in [7, 11) is -3.19. The van der Waals surface area contributed by atoms with Gasteiger partial charge in [0.25, 0.3) is 0 Å². The molecule has 0 aromatic carbocycles. The second kappa shape index (κ2) is 6.32. The van der Waals surface area contributed by atoms with Gasteiger partial charge in [-0.1, -0.05) is 0 Å². The average molecular weight is 276 g/mol. The van der Waals surface area contributed by atoms with E-state index >= 15 is 0 Å². The summed E-state index contributed by atoms with van der Waals surface area (Å²) in [6.45, 7) is 3.60. The predicted molar refractivity (Wildman–Crippen MR) is 71.0 cm³/mol. The maximum Gasteiger partial charge on any atom is 0.215 e. The molecule has 18 heavy (non-hydrogen) atoms. The Bertz CT molecular complexity index is 348. The average Bonchev–Trinajstić information content (AvgIpc) is 3.02. The molecule has 1 saturated heterocycles. The molecule has 0 radical (unpaired) electrons. The third-order valence-electron chi connectivity index (χ3n) is 3.59. The highest BCUT2D eigenvalue weighted by atomic mass is 32.2. The minimum Gasteiger partial charge on any atom is -0.378 e. The van der Waals surface area contributed by atoms with Gasteiger partial charge in [0.1, 0.15) is 0 Å². The Morgan fingerprint density at radius 1 is 1.33 bits per heavy atom. The van der Waals surface area contributed by atoms with Gasteiger partial charge in [-0.25, -0.2) is 13.1 Å². The first-order chi connectivity index (χ1) is 8.58. The van der Waals surface area contributed by atoms with Crippen LogP contribution in [0.25, 0.3) is 0 Å². The first kappa shape index (κ1) is 14.2. The zero-order valence-corrected chi connectivity index (χ0v) is 11.8. The monoisotopic (exact) mass is 276 g/mol. The van der Waals surface area contributed by atoms with E-state index in [0.717, 1.165) is 25.9 Å². The first-order valence-electron chi connectivity index (χ1n) is 6.91. The van der Waals surface area contributed by atoms with E-state index in [1.807, 2.05) is 0 Å². The number of hydrogen-bond acceptors (Lipinski definition) is 4. The van der Waals surface area contributed by atoms with Gasteiger partial charge in [0.05, 0.1) is 11.4 Å². The van der Waals surface area contributed by atoms with E-state index in [-0.39, 0.29) is 11.4 Å². The summed E-state index contributed by atoms with van der Waals surface area (Å²) in [6.07, 6.45) is 5.53. The van der Waals surface area contributed by atoms with Crippen molar-refractivity contribution in [3.05, 3.63) is 0 Å². The summed E-state index contributed by atoms with van der Waals surface area (Å²) in [6, 6.07) is 0.550. The van der Waals surface area contributed by atoms with Crippen molar-refractivity contribution >= 4 is 10.0 Å². The van der Waals surface area contributed by atoms with Crippen molar-refractivity contribution in [3.8, 4) is 0 Å². The molecule has 2 unspecified atom stereocenters. The highest BCUT2D eigenvalue weighted by Crippen LogP contribution is 2.18. The molecular formula is C12H24N2O3S. The lowest BCUT2D eigenvalue weighted by Gasteiger charge is -2.15. The standard InChI is InChI=1S/C12H24N2O3S/c1-10(9-13-11-4-5-11)18(15,16)14-7-6-12-3-2-8-17-12/h10-14H,2-9H2,1H3. The Kier molecular flexibility index (Phi) is 5.00. The first-order valence-corrected chi connectivity index (χ1v) is 8.46. The predicted octanol–water partition coefficient (Wildman–Crippen LogP) is 0.615. The van der Waals surface area contributed by atoms with E-state index in [0.29, 0.717) is 19.1 Å². The fourth-order valence-corrected chi connectivity index (χ4v) is 3.11. The molecule has 0 spiro atoms. The smallest absolute Gasteiger partial charge is 0.215 e. The molecule has 2 fully saturated rings. The summed E-state index contributed by atoms with van der Waals surface area (Å²) in [5.41, 5.74) is 0. The van der Waals surface area contributed by atoms with E-state index in [1.165, 1.54) is 12.8 Å². The molecule has 0 amide bonds. The van der Waals surface area contributed by atoms with E-state index in [9.17, 15) is 8.42 Å². The Morgan fingerprint density at radius 3 is 2.72 bits per heavy atom. The second-order valence-corrected chi connectivity index (χ2v) is 7.54. The van der Waals surface area contributed by atoms with Gasteiger partial charge in [-0.3, -0.25) is 0 Å². The Morgan fingerprint density at radius 2 is 2.11 bits per heavy atom. The maximum absolute atomic E-state index is 11.9. The Balaban J connectivity index is 1.64. The van der Waals surface area contributed by atoms with Gasteiger partial charge in [0.15, 0.2) is 0 Å². The van der Waals surface area contributed by atoms with Gasteiger partial charge in [-0.2, -0.15) is 0 Å². The number of sulfonamides is 1. The lowest BCUT2D eigenvalue weighted by molar-refractivity contribution is 0.105. The lowest BCUT2D eigenvalue weighted by Crippen LogP contribution is -2.40. The number of ether oxygens (including phenoxy) is 1. The van der Waals surface area contributed by atoms with Crippen molar-refractivity contribution in [1.29, 1.82) is 0 Å². The van der Waals surface area contributed by atoms with Gasteiger partial charge in [-0.15, -0.1) is 0 Å². The molecule has 6 heteroatoms. The molecule has 1 aliphatic carbocycles. The zero-order chi connectivity index (χ0) is 13.0. The van der Waals surface area contributed by atoms with Gasteiger partial charge in [0, 0.05) is 25.7 Å². The van der Waals surface area contributed by atoms with Gasteiger partial charge in [-0.05, 0) is 39.0 Å². The largest absolute Gasteiger partial charge is 0.378 e. The van der Waals surface area contributed by atoms with Crippen molar-refractivity contribution < 1.29 is 13.2 Å². The summed E-state index contributed by atoms with van der Waals surface area (Å²) in [5, 5.41) is 2.88. The van der Waals surface area contributed by atoms with Crippen LogP contribution >= 0.6 is 0 Å². The quantitative estimate of drug-likeness (QED) is 0.682. The molecular weight excluding hydrogens is 252 g/mol. The molecule has 5 nitrogen and oxygen atoms in total. The highest BCUT2D eigenvalue weighted by molar-refractivity contribution is 7.90. The van der Waals surface area contributed by atoms with Crippen LogP contribution < -0.4 is 10.0 Å². The van der Waals surface area contributed by atoms with Crippen molar-refractivity contribution in [2.75, 3.05) is 19.7 Å². The molecule has 2 rings (SSSR count). The van der Waals surface area contributed by atoms with Crippen LogP contribution in [0.2, 0.25) is 0 Å². The van der Waals surface area contributed by atoms with Crippen LogP contribution in [0.1, 0.15) is 39.0 Å². The third kappa shape index (κ3) is 4.50. The maximum atomic E-state index is 11.9. The van der Waals surface area contributed by atoms with Crippen LogP contribution in [0.15, 0.2) is 0 Å². The summed E-state index contributed by atoms with van der Waals surface area (Å²) in [5.74, 6) is 0. The Hall–Kier alpha value is -0.170. The number of hydrogen-bond donors (Lipinski definition) is 2. The van der Waals surface area contributed by atoms with Crippen molar-refractivity contribution in [2.45, 2.75) is 56.4 Å². The van der Waals surface area contributed by atoms with Crippen LogP contribution in [-0.2, 0) is 14.8 Å². The van der Waals surface area contributed by atoms with E-state index < -0.39 is 10.0 Å². The highest BCUT2D eigenvalue weighted by Gasteiger charge is 2.25. The van der Waals surface area contributed by atoms with Gasteiger partial charge < -0.3 is 10.1 Å². The third-order valence-corrected chi connectivity index (χ3v) is 5.43. The molecule has 2 atom stereocenters. The molecule has 2 N–H and O–H groups in total. The molecule has 1 saturated carbocycles. The van der Waals surface area contributed by atoms with E-state index in [4.69, 9.17) is 4.74 Å². The van der Waals surface area contributed by atoms with Crippen molar-refractivity contribution in [2.24, 2.45) is 0 Å². The van der Waals surface area contributed by atoms with Gasteiger partial charge >= 0.3 is 0 Å². The van der Waals surface area contributed by atoms with Crippen LogP contribution in [0, 0.1) is 0 Å². The van der Waals surface area contributed by atoms with Gasteiger partial charge in [0.2, 0.25) is 10.0 Å². The molecule has 0 aromatic heterocycles. The minimum absolute atomic E-state index is 0.243. The zero-order valence-electron chi connectivity index (χ0n) is 11.0. The molecule has 1 heterocycles. The number of nitrogens with one attached hydrogen (secondary N) is 2. The topological polar surface area (TPSA) is 67.4 Å². The minimum atomic E-state index is -3.19. The van der Waals surface area contributed by atoms with Crippen LogP contribution in [-0.4, -0.2) is 45.5 Å². The lowest BCUT2D eigenvalue weighted by atomic mass is 10.2. The van der Waals surface area contributed by atoms with E-state index in [1.54, 1.807) is 6.92 Å². The van der Waals surface area contributed by atoms with Crippen LogP contribution in [0.5, 0.6) is 0 Å². The number of rotatable bonds is 8. The van der Waals surface area contributed by atoms with Crippen molar-refractivity contribution in [3.63, 3.8) is 0 Å². The summed E-state index contributed by atoms with van der Waals surface area (Å²) >= 11 is 0. The summed E-state index contributed by atoms with van der Waals surface area (Å²) < 4.78 is 32.0. The normalized spacial score (nSPS) is 26.4. The fourth-order valence-electron chi connectivity index (χ4n) is 2.11. The second-order valence-electron chi connectivity index (χ2n) is 5.36. The SMILES string of the molecule is CC(CNC1CC1)S(=O)(=O)NCCC1CCCO1. The molecule has 0 bridgehead atoms. The van der Waals surface area contributed by atoms with Crippen LogP contribution in [0.3, 0.4) is 0 Å². The Labute approximate surface area is 110 Å². The molecule has 0 aromatic rings. The van der Waals surface area contributed by atoms with Crippen molar-refractivity contribution in [1.82, 2.24) is 10.0 Å². The fraction of sp³-hybridized carbons (Fsp3) is 1.00. The van der Waals surface area contributed by atoms with Crippen LogP contribution in [0.4, 0.5) is 0 Å². The van der Waals surface area contributed by atoms with E-state index in [2.05, 4.69) is 10.0 Å². The molecule has 1 aliphatic heterocycles.